The van der Waals surface area contributed by atoms with Crippen molar-refractivity contribution in [3.05, 3.63) is 0 Å². The van der Waals surface area contributed by atoms with E-state index in [1.54, 1.807) is 0 Å². The number of nitrogens with one attached hydrogen (secondary N) is 2. The monoisotopic (exact) mass is 253 g/mol. The third-order valence-electron chi connectivity index (χ3n) is 4.65. The fraction of sp³-hybridized carbons (Fsp3) is 0.833. The third kappa shape index (κ3) is 2.12. The summed E-state index contributed by atoms with van der Waals surface area (Å²) in [7, 11) is 0. The van der Waals surface area contributed by atoms with E-state index in [2.05, 4.69) is 10.6 Å². The first-order chi connectivity index (χ1) is 8.05. The fourth-order valence-corrected chi connectivity index (χ4v) is 4.96. The van der Waals surface area contributed by atoms with Gasteiger partial charge in [0.2, 0.25) is 0 Å². The van der Waals surface area contributed by atoms with Gasteiger partial charge in [-0.05, 0) is 68.5 Å². The lowest BCUT2D eigenvalue weighted by Gasteiger charge is -2.57. The van der Waals surface area contributed by atoms with E-state index in [-0.39, 0.29) is 5.54 Å². The number of carbonyl (C=O) groups is 1. The Labute approximate surface area is 107 Å². The van der Waals surface area contributed by atoms with Crippen LogP contribution in [0.5, 0.6) is 0 Å². The van der Waals surface area contributed by atoms with Gasteiger partial charge in [0.25, 0.3) is 0 Å². The van der Waals surface area contributed by atoms with Crippen molar-refractivity contribution in [3.8, 4) is 0 Å². The maximum atomic E-state index is 10.8. The van der Waals surface area contributed by atoms with Crippen LogP contribution in [0.2, 0.25) is 0 Å². The molecule has 0 aromatic rings. The molecule has 4 aliphatic rings. The third-order valence-corrected chi connectivity index (χ3v) is 4.86. The zero-order chi connectivity index (χ0) is 12.0. The lowest BCUT2D eigenvalue weighted by molar-refractivity contribution is -0.0100. The van der Waals surface area contributed by atoms with Gasteiger partial charge in [0, 0.05) is 5.54 Å². The summed E-state index contributed by atoms with van der Waals surface area (Å²) in [6.07, 6.45) is 7.82. The molecule has 94 valence electrons. The highest BCUT2D eigenvalue weighted by Gasteiger charge is 2.51. The molecule has 4 aliphatic carbocycles. The van der Waals surface area contributed by atoms with Gasteiger partial charge in [-0.15, -0.1) is 0 Å². The van der Waals surface area contributed by atoms with Crippen LogP contribution in [0.25, 0.3) is 0 Å². The second kappa shape index (κ2) is 3.83. The minimum atomic E-state index is -0.577. The molecule has 0 saturated heterocycles. The van der Waals surface area contributed by atoms with Crippen LogP contribution in [0.15, 0.2) is 0 Å². The Morgan fingerprint density at radius 1 is 1.12 bits per heavy atom. The molecule has 5 heteroatoms. The number of thiocarbonyl (C=S) groups is 1. The predicted octanol–water partition coefficient (Wildman–Crippen LogP) is 1.50. The highest BCUT2D eigenvalue weighted by atomic mass is 32.1. The molecule has 0 spiro atoms. The quantitative estimate of drug-likeness (QED) is 0.620. The largest absolute Gasteiger partial charge is 0.357 e. The van der Waals surface area contributed by atoms with Crippen LogP contribution in [-0.4, -0.2) is 16.7 Å². The molecule has 2 amide bonds. The maximum Gasteiger partial charge on any atom is 0.318 e. The number of primary amides is 1. The number of rotatable bonds is 1. The lowest BCUT2D eigenvalue weighted by Crippen LogP contribution is -2.62. The smallest absolute Gasteiger partial charge is 0.318 e. The molecule has 0 aromatic carbocycles. The molecule has 4 fully saturated rings. The zero-order valence-electron chi connectivity index (χ0n) is 9.87. The van der Waals surface area contributed by atoms with E-state index in [9.17, 15) is 4.79 Å². The number of hydrogen-bond acceptors (Lipinski definition) is 2. The molecule has 4 N–H and O–H groups in total. The molecule has 0 aromatic heterocycles. The minimum Gasteiger partial charge on any atom is -0.357 e. The summed E-state index contributed by atoms with van der Waals surface area (Å²) in [5.74, 6) is 2.60. The Morgan fingerprint density at radius 3 is 2.00 bits per heavy atom. The SMILES string of the molecule is NC(=O)NC(=S)NC12CC3CC(CC(C3)C1)C2. The summed E-state index contributed by atoms with van der Waals surface area (Å²) in [5, 5.41) is 6.25. The Balaban J connectivity index is 1.70. The second-order valence-corrected chi connectivity index (χ2v) is 6.55. The number of hydrogen-bond donors (Lipinski definition) is 3. The fourth-order valence-electron chi connectivity index (χ4n) is 4.65. The van der Waals surface area contributed by atoms with Gasteiger partial charge in [0.1, 0.15) is 0 Å². The summed E-state index contributed by atoms with van der Waals surface area (Å²) >= 11 is 5.14. The summed E-state index contributed by atoms with van der Waals surface area (Å²) < 4.78 is 0. The van der Waals surface area contributed by atoms with E-state index in [0.717, 1.165) is 17.8 Å². The number of carbonyl (C=O) groups excluding carboxylic acids is 1. The number of urea groups is 1. The molecular formula is C12H19N3OS. The van der Waals surface area contributed by atoms with Crippen LogP contribution in [0, 0.1) is 17.8 Å². The molecule has 17 heavy (non-hydrogen) atoms. The van der Waals surface area contributed by atoms with E-state index >= 15 is 0 Å². The Hall–Kier alpha value is -0.840. The summed E-state index contributed by atoms with van der Waals surface area (Å²) in [5.41, 5.74) is 5.23. The summed E-state index contributed by atoms with van der Waals surface area (Å²) in [6.45, 7) is 0. The minimum absolute atomic E-state index is 0.147. The normalized spacial score (nSPS) is 42.2. The maximum absolute atomic E-state index is 10.8. The zero-order valence-corrected chi connectivity index (χ0v) is 10.7. The topological polar surface area (TPSA) is 67.2 Å². The summed E-state index contributed by atoms with van der Waals surface area (Å²) in [4.78, 5) is 10.8. The summed E-state index contributed by atoms with van der Waals surface area (Å²) in [6, 6.07) is -0.577. The van der Waals surface area contributed by atoms with Gasteiger partial charge in [-0.1, -0.05) is 0 Å². The lowest BCUT2D eigenvalue weighted by atomic mass is 9.53. The van der Waals surface area contributed by atoms with Crippen LogP contribution in [0.4, 0.5) is 4.79 Å². The average molecular weight is 253 g/mol. The molecule has 0 aliphatic heterocycles. The standard InChI is InChI=1S/C12H19N3OS/c13-10(16)14-11(17)15-12-4-7-1-8(5-12)3-9(2-7)6-12/h7-9H,1-6H2,(H4,13,14,15,16,17). The number of nitrogens with two attached hydrogens (primary N) is 1. The van der Waals surface area contributed by atoms with Crippen LogP contribution >= 0.6 is 12.2 Å². The second-order valence-electron chi connectivity index (χ2n) is 6.14. The molecule has 0 atom stereocenters. The Kier molecular flexibility index (Phi) is 2.54. The highest BCUT2D eigenvalue weighted by molar-refractivity contribution is 7.80. The Bertz CT molecular complexity index is 333. The van der Waals surface area contributed by atoms with Gasteiger partial charge in [0.15, 0.2) is 5.11 Å². The van der Waals surface area contributed by atoms with Crippen LogP contribution in [0.1, 0.15) is 38.5 Å². The van der Waals surface area contributed by atoms with E-state index in [4.69, 9.17) is 18.0 Å². The first kappa shape index (κ1) is 11.3. The molecule has 0 radical (unpaired) electrons. The van der Waals surface area contributed by atoms with Gasteiger partial charge >= 0.3 is 6.03 Å². The van der Waals surface area contributed by atoms with Crippen molar-refractivity contribution in [1.29, 1.82) is 0 Å². The highest BCUT2D eigenvalue weighted by Crippen LogP contribution is 2.55. The molecule has 0 heterocycles. The van der Waals surface area contributed by atoms with Gasteiger partial charge in [0.05, 0.1) is 0 Å². The molecule has 4 rings (SSSR count). The van der Waals surface area contributed by atoms with E-state index in [1.807, 2.05) is 0 Å². The van der Waals surface area contributed by atoms with Crippen molar-refractivity contribution in [3.63, 3.8) is 0 Å². The number of amides is 2. The van der Waals surface area contributed by atoms with Crippen molar-refractivity contribution in [2.75, 3.05) is 0 Å². The predicted molar refractivity (Wildman–Crippen MR) is 69.4 cm³/mol. The van der Waals surface area contributed by atoms with Crippen molar-refractivity contribution >= 4 is 23.4 Å². The first-order valence-corrected chi connectivity index (χ1v) is 6.84. The van der Waals surface area contributed by atoms with Crippen LogP contribution in [0.3, 0.4) is 0 Å². The molecule has 4 bridgehead atoms. The van der Waals surface area contributed by atoms with Gasteiger partial charge in [-0.25, -0.2) is 4.79 Å². The molecule has 0 unspecified atom stereocenters. The van der Waals surface area contributed by atoms with Crippen molar-refractivity contribution in [2.45, 2.75) is 44.1 Å². The first-order valence-electron chi connectivity index (χ1n) is 6.43. The van der Waals surface area contributed by atoms with E-state index < -0.39 is 6.03 Å². The van der Waals surface area contributed by atoms with Gasteiger partial charge < -0.3 is 11.1 Å². The van der Waals surface area contributed by atoms with E-state index in [1.165, 1.54) is 38.5 Å². The Morgan fingerprint density at radius 2 is 1.59 bits per heavy atom. The molecular weight excluding hydrogens is 234 g/mol. The van der Waals surface area contributed by atoms with Crippen LogP contribution in [-0.2, 0) is 0 Å². The van der Waals surface area contributed by atoms with Crippen LogP contribution < -0.4 is 16.4 Å². The van der Waals surface area contributed by atoms with E-state index in [0.29, 0.717) is 5.11 Å². The molecule has 4 nitrogen and oxygen atoms in total. The average Bonchev–Trinajstić information content (AvgIpc) is 2.11. The van der Waals surface area contributed by atoms with Crippen molar-refractivity contribution in [1.82, 2.24) is 10.6 Å². The molecule has 4 saturated carbocycles. The van der Waals surface area contributed by atoms with Gasteiger partial charge in [-0.3, -0.25) is 5.32 Å². The van der Waals surface area contributed by atoms with Crippen molar-refractivity contribution in [2.24, 2.45) is 23.5 Å². The van der Waals surface area contributed by atoms with Crippen molar-refractivity contribution < 1.29 is 4.79 Å². The van der Waals surface area contributed by atoms with Gasteiger partial charge in [-0.2, -0.15) is 0 Å².